The molecule has 0 radical (unpaired) electrons. The number of methoxy groups -OCH3 is 1. The van der Waals surface area contributed by atoms with Crippen molar-refractivity contribution in [2.24, 2.45) is 0 Å². The molecule has 1 saturated carbocycles. The molecule has 2 aromatic rings. The summed E-state index contributed by atoms with van der Waals surface area (Å²) in [5, 5.41) is 13.5. The molecule has 5 heteroatoms. The number of carboxylic acids is 1. The van der Waals surface area contributed by atoms with E-state index in [1.807, 2.05) is 12.1 Å². The highest BCUT2D eigenvalue weighted by Crippen LogP contribution is 2.27. The first kappa shape index (κ1) is 14.1. The van der Waals surface area contributed by atoms with Crippen LogP contribution in [0.2, 0.25) is 0 Å². The molecule has 21 heavy (non-hydrogen) atoms. The molecule has 1 heterocycles. The van der Waals surface area contributed by atoms with E-state index in [4.69, 9.17) is 9.15 Å². The van der Waals surface area contributed by atoms with Gasteiger partial charge < -0.3 is 19.6 Å². The molecular formula is C16H19NO4. The smallest absolute Gasteiger partial charge is 0.339 e. The van der Waals surface area contributed by atoms with Crippen molar-refractivity contribution in [3.63, 3.8) is 0 Å². The lowest BCUT2D eigenvalue weighted by atomic mass is 10.1. The van der Waals surface area contributed by atoms with Crippen LogP contribution in [-0.2, 0) is 11.3 Å². The van der Waals surface area contributed by atoms with E-state index in [-0.39, 0.29) is 5.56 Å². The summed E-state index contributed by atoms with van der Waals surface area (Å²) in [7, 11) is 1.73. The van der Waals surface area contributed by atoms with Crippen LogP contribution in [0.15, 0.2) is 28.7 Å². The average Bonchev–Trinajstić information content (AvgIpc) is 3.08. The van der Waals surface area contributed by atoms with E-state index in [0.29, 0.717) is 35.4 Å². The third-order valence-electron chi connectivity index (χ3n) is 4.15. The van der Waals surface area contributed by atoms with Crippen LogP contribution in [0.1, 0.15) is 35.4 Å². The molecule has 2 N–H and O–H groups in total. The first-order valence-corrected chi connectivity index (χ1v) is 7.19. The van der Waals surface area contributed by atoms with Crippen molar-refractivity contribution in [2.45, 2.75) is 38.0 Å². The predicted molar refractivity (Wildman–Crippen MR) is 78.4 cm³/mol. The monoisotopic (exact) mass is 289 g/mol. The molecule has 0 spiro atoms. The quantitative estimate of drug-likeness (QED) is 0.885. The molecule has 1 fully saturated rings. The highest BCUT2D eigenvalue weighted by atomic mass is 16.5. The number of hydrogen-bond acceptors (Lipinski definition) is 4. The number of ether oxygens (including phenoxy) is 1. The summed E-state index contributed by atoms with van der Waals surface area (Å²) in [6, 6.07) is 7.59. The molecule has 0 saturated heterocycles. The lowest BCUT2D eigenvalue weighted by Gasteiger charge is -2.11. The Bertz CT molecular complexity index is 649. The number of furan rings is 1. The van der Waals surface area contributed by atoms with Crippen molar-refractivity contribution in [3.05, 3.63) is 35.6 Å². The lowest BCUT2D eigenvalue weighted by Crippen LogP contribution is -2.27. The summed E-state index contributed by atoms with van der Waals surface area (Å²) in [5.74, 6) is -0.456. The molecule has 3 rings (SSSR count). The molecule has 0 amide bonds. The zero-order valence-electron chi connectivity index (χ0n) is 12.0. The first-order valence-electron chi connectivity index (χ1n) is 7.19. The maximum atomic E-state index is 11.5. The first-order chi connectivity index (χ1) is 10.2. The van der Waals surface area contributed by atoms with E-state index in [1.54, 1.807) is 19.2 Å². The molecule has 1 aliphatic rings. The van der Waals surface area contributed by atoms with Crippen molar-refractivity contribution in [1.82, 2.24) is 5.32 Å². The Morgan fingerprint density at radius 2 is 2.24 bits per heavy atom. The van der Waals surface area contributed by atoms with Gasteiger partial charge in [-0.15, -0.1) is 0 Å². The minimum absolute atomic E-state index is 0.263. The number of carboxylic acid groups (broad SMARTS) is 1. The van der Waals surface area contributed by atoms with E-state index in [1.165, 1.54) is 0 Å². The summed E-state index contributed by atoms with van der Waals surface area (Å²) >= 11 is 0. The van der Waals surface area contributed by atoms with Crippen LogP contribution in [0.3, 0.4) is 0 Å². The van der Waals surface area contributed by atoms with Gasteiger partial charge in [0.1, 0.15) is 16.9 Å². The fraction of sp³-hybridized carbons (Fsp3) is 0.438. The minimum atomic E-state index is -0.946. The molecule has 1 aromatic carbocycles. The molecule has 112 valence electrons. The summed E-state index contributed by atoms with van der Waals surface area (Å²) in [4.78, 5) is 11.5. The highest BCUT2D eigenvalue weighted by Gasteiger charge is 2.25. The van der Waals surface area contributed by atoms with E-state index in [0.717, 1.165) is 19.3 Å². The van der Waals surface area contributed by atoms with Crippen LogP contribution in [0, 0.1) is 0 Å². The number of hydrogen-bond donors (Lipinski definition) is 2. The average molecular weight is 289 g/mol. The molecule has 0 aliphatic heterocycles. The van der Waals surface area contributed by atoms with Crippen molar-refractivity contribution in [3.8, 4) is 0 Å². The number of para-hydroxylation sites is 1. The van der Waals surface area contributed by atoms with E-state index >= 15 is 0 Å². The molecule has 2 atom stereocenters. The highest BCUT2D eigenvalue weighted by molar-refractivity contribution is 6.03. The second-order valence-electron chi connectivity index (χ2n) is 5.45. The normalized spacial score (nSPS) is 22.0. The molecule has 1 aromatic heterocycles. The van der Waals surface area contributed by atoms with Crippen LogP contribution in [0.25, 0.3) is 11.0 Å². The zero-order chi connectivity index (χ0) is 14.8. The minimum Gasteiger partial charge on any atom is -0.478 e. The number of benzene rings is 1. The van der Waals surface area contributed by atoms with E-state index < -0.39 is 5.97 Å². The Morgan fingerprint density at radius 3 is 2.95 bits per heavy atom. The van der Waals surface area contributed by atoms with Crippen LogP contribution < -0.4 is 5.32 Å². The number of rotatable bonds is 5. The van der Waals surface area contributed by atoms with Gasteiger partial charge >= 0.3 is 5.97 Å². The van der Waals surface area contributed by atoms with Gasteiger partial charge in [-0.2, -0.15) is 0 Å². The summed E-state index contributed by atoms with van der Waals surface area (Å²) in [6.45, 7) is 0.428. The summed E-state index contributed by atoms with van der Waals surface area (Å²) in [6.07, 6.45) is 3.34. The Hall–Kier alpha value is -1.85. The molecule has 0 bridgehead atoms. The molecule has 5 nitrogen and oxygen atoms in total. The summed E-state index contributed by atoms with van der Waals surface area (Å²) < 4.78 is 11.0. The topological polar surface area (TPSA) is 71.7 Å². The van der Waals surface area contributed by atoms with Gasteiger partial charge in [0.15, 0.2) is 0 Å². The number of nitrogens with one attached hydrogen (secondary N) is 1. The van der Waals surface area contributed by atoms with Gasteiger partial charge in [0.05, 0.1) is 12.6 Å². The Kier molecular flexibility index (Phi) is 3.94. The van der Waals surface area contributed by atoms with Gasteiger partial charge in [-0.3, -0.25) is 0 Å². The van der Waals surface area contributed by atoms with Crippen molar-refractivity contribution < 1.29 is 19.1 Å². The van der Waals surface area contributed by atoms with Gasteiger partial charge in [0.2, 0.25) is 0 Å². The van der Waals surface area contributed by atoms with Gasteiger partial charge in [-0.05, 0) is 25.3 Å². The summed E-state index contributed by atoms with van der Waals surface area (Å²) in [5.41, 5.74) is 0.882. The third-order valence-corrected chi connectivity index (χ3v) is 4.15. The standard InChI is InChI=1S/C16H19NO4/c1-20-11-7-6-10(8-11)17-9-14-15(16(18)19)12-4-2-3-5-13(12)21-14/h2-5,10-11,17H,6-9H2,1H3,(H,18,19). The fourth-order valence-electron chi connectivity index (χ4n) is 3.03. The van der Waals surface area contributed by atoms with Gasteiger partial charge in [0, 0.05) is 18.5 Å². The van der Waals surface area contributed by atoms with Crippen LogP contribution in [-0.4, -0.2) is 30.3 Å². The SMILES string of the molecule is COC1CCC(NCc2oc3ccccc3c2C(=O)O)C1. The maximum absolute atomic E-state index is 11.5. The molecule has 2 unspecified atom stereocenters. The Labute approximate surface area is 122 Å². The van der Waals surface area contributed by atoms with E-state index in [9.17, 15) is 9.90 Å². The third kappa shape index (κ3) is 2.80. The second-order valence-corrected chi connectivity index (χ2v) is 5.45. The van der Waals surface area contributed by atoms with Crippen molar-refractivity contribution >= 4 is 16.9 Å². The molecular weight excluding hydrogens is 270 g/mol. The Balaban J connectivity index is 1.77. The fourth-order valence-corrected chi connectivity index (χ4v) is 3.03. The van der Waals surface area contributed by atoms with Crippen molar-refractivity contribution in [2.75, 3.05) is 7.11 Å². The number of aromatic carboxylic acids is 1. The van der Waals surface area contributed by atoms with Crippen LogP contribution in [0.5, 0.6) is 0 Å². The van der Waals surface area contributed by atoms with Gasteiger partial charge in [-0.1, -0.05) is 18.2 Å². The van der Waals surface area contributed by atoms with E-state index in [2.05, 4.69) is 5.32 Å². The second kappa shape index (κ2) is 5.87. The van der Waals surface area contributed by atoms with Gasteiger partial charge in [-0.25, -0.2) is 4.79 Å². The Morgan fingerprint density at radius 1 is 1.43 bits per heavy atom. The zero-order valence-corrected chi connectivity index (χ0v) is 12.0. The van der Waals surface area contributed by atoms with Crippen molar-refractivity contribution in [1.29, 1.82) is 0 Å². The number of fused-ring (bicyclic) bond motifs is 1. The number of carbonyl (C=O) groups is 1. The van der Waals surface area contributed by atoms with Gasteiger partial charge in [0.25, 0.3) is 0 Å². The maximum Gasteiger partial charge on any atom is 0.339 e. The lowest BCUT2D eigenvalue weighted by molar-refractivity contribution is 0.0695. The van der Waals surface area contributed by atoms with Crippen LogP contribution >= 0.6 is 0 Å². The molecule has 1 aliphatic carbocycles. The van der Waals surface area contributed by atoms with Crippen LogP contribution in [0.4, 0.5) is 0 Å². The predicted octanol–water partition coefficient (Wildman–Crippen LogP) is 2.79. The largest absolute Gasteiger partial charge is 0.478 e.